The fourth-order valence-corrected chi connectivity index (χ4v) is 2.64. The maximum absolute atomic E-state index is 5.72. The molecule has 3 nitrogen and oxygen atoms in total. The molecule has 3 heteroatoms. The van der Waals surface area contributed by atoms with Crippen molar-refractivity contribution in [3.63, 3.8) is 0 Å². The lowest BCUT2D eigenvalue weighted by atomic mass is 9.79. The van der Waals surface area contributed by atoms with Crippen LogP contribution in [0.15, 0.2) is 4.52 Å². The van der Waals surface area contributed by atoms with Gasteiger partial charge in [-0.3, -0.25) is 0 Å². The van der Waals surface area contributed by atoms with E-state index < -0.39 is 0 Å². The van der Waals surface area contributed by atoms with Crippen LogP contribution in [0.3, 0.4) is 0 Å². The largest absolute Gasteiger partial charge is 0.381 e. The van der Waals surface area contributed by atoms with Gasteiger partial charge in [0.2, 0.25) is 0 Å². The van der Waals surface area contributed by atoms with Crippen LogP contribution in [0.2, 0.25) is 0 Å². The van der Waals surface area contributed by atoms with Crippen LogP contribution in [0.5, 0.6) is 0 Å². The summed E-state index contributed by atoms with van der Waals surface area (Å²) in [5.41, 5.74) is 7.00. The van der Waals surface area contributed by atoms with E-state index in [1.807, 2.05) is 6.92 Å². The molecule has 0 radical (unpaired) electrons. The summed E-state index contributed by atoms with van der Waals surface area (Å²) in [5, 5.41) is 3.86. The third-order valence-corrected chi connectivity index (χ3v) is 3.68. The Balaban J connectivity index is 2.40. The Morgan fingerprint density at radius 3 is 2.50 bits per heavy atom. The summed E-state index contributed by atoms with van der Waals surface area (Å²) in [4.78, 5) is 0. The van der Waals surface area contributed by atoms with Crippen molar-refractivity contribution in [3.05, 3.63) is 11.3 Å². The number of rotatable bonds is 2. The van der Waals surface area contributed by atoms with Crippen LogP contribution < -0.4 is 5.73 Å². The van der Waals surface area contributed by atoms with Gasteiger partial charge in [0.25, 0.3) is 0 Å². The fraction of sp³-hybridized carbons (Fsp3) is 0.727. The molecular weight excluding hydrogens is 176 g/mol. The molecule has 0 spiro atoms. The Hall–Kier alpha value is -0.990. The van der Waals surface area contributed by atoms with Crippen LogP contribution in [-0.4, -0.2) is 5.16 Å². The van der Waals surface area contributed by atoms with Crippen LogP contribution in [0.1, 0.15) is 50.4 Å². The van der Waals surface area contributed by atoms with Gasteiger partial charge in [-0.25, -0.2) is 0 Å². The second-order valence-electron chi connectivity index (χ2n) is 4.36. The van der Waals surface area contributed by atoms with E-state index in [9.17, 15) is 0 Å². The van der Waals surface area contributed by atoms with Crippen molar-refractivity contribution in [2.24, 2.45) is 0 Å². The van der Waals surface area contributed by atoms with Gasteiger partial charge in [0.05, 0.1) is 0 Å². The molecule has 0 bridgehead atoms. The summed E-state index contributed by atoms with van der Waals surface area (Å²) in [7, 11) is 0. The fourth-order valence-electron chi connectivity index (χ4n) is 2.64. The molecule has 1 fully saturated rings. The van der Waals surface area contributed by atoms with E-state index in [1.54, 1.807) is 0 Å². The highest BCUT2D eigenvalue weighted by Crippen LogP contribution is 2.45. The molecule has 0 unspecified atom stereocenters. The normalized spacial score (nSPS) is 20.1. The number of hydrogen-bond donors (Lipinski definition) is 1. The summed E-state index contributed by atoms with van der Waals surface area (Å²) < 4.78 is 5.40. The number of aromatic nitrogens is 1. The Labute approximate surface area is 84.7 Å². The predicted octanol–water partition coefficient (Wildman–Crippen LogP) is 2.79. The molecule has 14 heavy (non-hydrogen) atoms. The Morgan fingerprint density at radius 2 is 2.07 bits per heavy atom. The van der Waals surface area contributed by atoms with Gasteiger partial charge in [0, 0.05) is 11.0 Å². The standard InChI is InChI=1S/C11H18N2O/c1-3-11(6-4-5-7-11)9-8(2)10(12)13-14-9/h3-7H2,1-2H3,(H2,12,13). The molecule has 1 aromatic heterocycles. The van der Waals surface area contributed by atoms with Crippen molar-refractivity contribution in [2.75, 3.05) is 5.73 Å². The topological polar surface area (TPSA) is 52.0 Å². The van der Waals surface area contributed by atoms with Crippen molar-refractivity contribution in [1.82, 2.24) is 5.16 Å². The van der Waals surface area contributed by atoms with Crippen LogP contribution in [0, 0.1) is 6.92 Å². The minimum atomic E-state index is 0.231. The van der Waals surface area contributed by atoms with E-state index >= 15 is 0 Å². The number of nitrogens with two attached hydrogens (primary N) is 1. The first-order valence-electron chi connectivity index (χ1n) is 5.42. The molecule has 0 saturated heterocycles. The summed E-state index contributed by atoms with van der Waals surface area (Å²) in [6.07, 6.45) is 6.17. The lowest BCUT2D eigenvalue weighted by molar-refractivity contribution is 0.281. The first-order valence-corrected chi connectivity index (χ1v) is 5.42. The van der Waals surface area contributed by atoms with Crippen molar-refractivity contribution >= 4 is 5.82 Å². The molecule has 0 aromatic carbocycles. The molecule has 0 aliphatic heterocycles. The molecule has 1 heterocycles. The predicted molar refractivity (Wildman–Crippen MR) is 56.1 cm³/mol. The number of nitrogens with zero attached hydrogens (tertiary/aromatic N) is 1. The van der Waals surface area contributed by atoms with E-state index in [-0.39, 0.29) is 5.41 Å². The molecule has 1 aliphatic rings. The Bertz CT molecular complexity index is 324. The summed E-state index contributed by atoms with van der Waals surface area (Å²) in [6, 6.07) is 0. The van der Waals surface area contributed by atoms with Gasteiger partial charge in [-0.15, -0.1) is 0 Å². The zero-order valence-electron chi connectivity index (χ0n) is 8.97. The van der Waals surface area contributed by atoms with Crippen molar-refractivity contribution in [1.29, 1.82) is 0 Å². The molecule has 1 aliphatic carbocycles. The van der Waals surface area contributed by atoms with Gasteiger partial charge in [-0.05, 0) is 26.2 Å². The molecule has 1 saturated carbocycles. The second-order valence-corrected chi connectivity index (χ2v) is 4.36. The molecule has 2 N–H and O–H groups in total. The average molecular weight is 194 g/mol. The number of hydrogen-bond acceptors (Lipinski definition) is 3. The zero-order chi connectivity index (χ0) is 10.2. The monoisotopic (exact) mass is 194 g/mol. The number of nitrogen functional groups attached to an aromatic ring is 1. The molecule has 0 amide bonds. The summed E-state index contributed by atoms with van der Waals surface area (Å²) in [6.45, 7) is 4.24. The van der Waals surface area contributed by atoms with E-state index in [0.29, 0.717) is 5.82 Å². The minimum absolute atomic E-state index is 0.231. The highest BCUT2D eigenvalue weighted by Gasteiger charge is 2.39. The Morgan fingerprint density at radius 1 is 1.43 bits per heavy atom. The second kappa shape index (κ2) is 3.30. The van der Waals surface area contributed by atoms with Crippen LogP contribution >= 0.6 is 0 Å². The number of anilines is 1. The third-order valence-electron chi connectivity index (χ3n) is 3.68. The summed E-state index contributed by atoms with van der Waals surface area (Å²) in [5.74, 6) is 1.59. The third kappa shape index (κ3) is 1.22. The van der Waals surface area contributed by atoms with Crippen LogP contribution in [0.25, 0.3) is 0 Å². The maximum atomic E-state index is 5.72. The lowest BCUT2D eigenvalue weighted by Crippen LogP contribution is -2.21. The van der Waals surface area contributed by atoms with Crippen LogP contribution in [0.4, 0.5) is 5.82 Å². The van der Waals surface area contributed by atoms with Crippen LogP contribution in [-0.2, 0) is 5.41 Å². The first kappa shape index (κ1) is 9.56. The van der Waals surface area contributed by atoms with E-state index in [1.165, 1.54) is 25.7 Å². The molecule has 78 valence electrons. The quantitative estimate of drug-likeness (QED) is 0.787. The molecule has 2 rings (SSSR count). The van der Waals surface area contributed by atoms with Crippen molar-refractivity contribution in [3.8, 4) is 0 Å². The first-order chi connectivity index (χ1) is 6.69. The van der Waals surface area contributed by atoms with Gasteiger partial charge in [-0.1, -0.05) is 24.9 Å². The minimum Gasteiger partial charge on any atom is -0.381 e. The van der Waals surface area contributed by atoms with Gasteiger partial charge in [0.15, 0.2) is 5.82 Å². The summed E-state index contributed by atoms with van der Waals surface area (Å²) >= 11 is 0. The van der Waals surface area contributed by atoms with E-state index in [2.05, 4.69) is 12.1 Å². The molecule has 0 atom stereocenters. The SMILES string of the molecule is CCC1(c2onc(N)c2C)CCCC1. The maximum Gasteiger partial charge on any atom is 0.170 e. The van der Waals surface area contributed by atoms with Gasteiger partial charge in [-0.2, -0.15) is 0 Å². The van der Waals surface area contributed by atoms with E-state index in [4.69, 9.17) is 10.3 Å². The molecule has 1 aromatic rings. The Kier molecular flexibility index (Phi) is 2.25. The zero-order valence-corrected chi connectivity index (χ0v) is 8.97. The molecular formula is C11H18N2O. The highest BCUT2D eigenvalue weighted by atomic mass is 16.5. The van der Waals surface area contributed by atoms with Gasteiger partial charge in [0.1, 0.15) is 5.76 Å². The van der Waals surface area contributed by atoms with E-state index in [0.717, 1.165) is 17.7 Å². The van der Waals surface area contributed by atoms with Crippen molar-refractivity contribution < 1.29 is 4.52 Å². The van der Waals surface area contributed by atoms with Crippen molar-refractivity contribution in [2.45, 2.75) is 51.4 Å². The van der Waals surface area contributed by atoms with Gasteiger partial charge >= 0.3 is 0 Å². The lowest BCUT2D eigenvalue weighted by Gasteiger charge is -2.24. The van der Waals surface area contributed by atoms with Gasteiger partial charge < -0.3 is 10.3 Å². The smallest absolute Gasteiger partial charge is 0.170 e. The highest BCUT2D eigenvalue weighted by molar-refractivity contribution is 5.42. The average Bonchev–Trinajstić information content (AvgIpc) is 2.77.